The van der Waals surface area contributed by atoms with Crippen molar-refractivity contribution in [2.24, 2.45) is 10.5 Å². The number of hydrazone groups is 1. The largest absolute Gasteiger partial charge is 0.375 e. The average Bonchev–Trinajstić information content (AvgIpc) is 2.91. The average molecular weight is 359 g/mol. The molecule has 0 fully saturated rings. The number of carbonyl (C=O) groups excluding carboxylic acids is 1. The molecule has 9 heteroatoms. The van der Waals surface area contributed by atoms with E-state index in [0.29, 0.717) is 11.6 Å². The molecule has 0 spiro atoms. The number of hydrogen-bond acceptors (Lipinski definition) is 7. The van der Waals surface area contributed by atoms with Crippen LogP contribution in [-0.2, 0) is 6.42 Å². The molecule has 1 aromatic heterocycles. The zero-order valence-electron chi connectivity index (χ0n) is 13.8. The molecule has 25 heavy (non-hydrogen) atoms. The first kappa shape index (κ1) is 17.0. The lowest BCUT2D eigenvalue weighted by molar-refractivity contribution is -0.384. The molecular weight excluding hydrogens is 342 g/mol. The van der Waals surface area contributed by atoms with Crippen LogP contribution in [0.15, 0.2) is 29.4 Å². The normalized spacial score (nSPS) is 17.1. The molecule has 1 amide bonds. The minimum absolute atomic E-state index is 0.0391. The van der Waals surface area contributed by atoms with Gasteiger partial charge in [-0.05, 0) is 24.3 Å². The number of carbonyl (C=O) groups is 1. The molecule has 1 heterocycles. The summed E-state index contributed by atoms with van der Waals surface area (Å²) in [6.45, 7) is 4.20. The summed E-state index contributed by atoms with van der Waals surface area (Å²) in [5.74, 6) is -0.501. The van der Waals surface area contributed by atoms with Crippen molar-refractivity contribution in [2.75, 3.05) is 5.73 Å². The molecule has 0 saturated carbocycles. The first-order valence-electron chi connectivity index (χ1n) is 7.62. The maximum Gasteiger partial charge on any atom is 0.271 e. The van der Waals surface area contributed by atoms with E-state index in [2.05, 4.69) is 29.4 Å². The number of benzene rings is 1. The molecule has 0 aliphatic heterocycles. The van der Waals surface area contributed by atoms with Gasteiger partial charge in [-0.25, -0.2) is 10.4 Å². The quantitative estimate of drug-likeness (QED) is 0.644. The SMILES string of the molecule is CC1(C)C/C(=N/NC(=O)c2cccc([N+](=O)[O-])c2)c2sc(N)nc2C1. The molecule has 8 nitrogen and oxygen atoms in total. The Labute approximate surface area is 147 Å². The van der Waals surface area contributed by atoms with Gasteiger partial charge in [0.1, 0.15) is 0 Å². The van der Waals surface area contributed by atoms with Gasteiger partial charge in [0.15, 0.2) is 5.13 Å². The maximum atomic E-state index is 12.3. The van der Waals surface area contributed by atoms with E-state index >= 15 is 0 Å². The van der Waals surface area contributed by atoms with Crippen LogP contribution in [0.3, 0.4) is 0 Å². The molecule has 0 saturated heterocycles. The van der Waals surface area contributed by atoms with Gasteiger partial charge in [0, 0.05) is 17.7 Å². The summed E-state index contributed by atoms with van der Waals surface area (Å²) < 4.78 is 0. The number of amides is 1. The van der Waals surface area contributed by atoms with Crippen molar-refractivity contribution in [1.29, 1.82) is 0 Å². The molecule has 3 N–H and O–H groups in total. The van der Waals surface area contributed by atoms with Crippen molar-refractivity contribution in [1.82, 2.24) is 10.4 Å². The van der Waals surface area contributed by atoms with Gasteiger partial charge in [0.25, 0.3) is 11.6 Å². The van der Waals surface area contributed by atoms with Crippen LogP contribution < -0.4 is 11.2 Å². The number of nitrogens with one attached hydrogen (secondary N) is 1. The number of nitrogen functional groups attached to an aromatic ring is 1. The Hall–Kier alpha value is -2.81. The molecular formula is C16H17N5O3S. The van der Waals surface area contributed by atoms with Gasteiger partial charge in [-0.3, -0.25) is 14.9 Å². The highest BCUT2D eigenvalue weighted by Crippen LogP contribution is 2.37. The molecule has 0 atom stereocenters. The minimum Gasteiger partial charge on any atom is -0.375 e. The van der Waals surface area contributed by atoms with Gasteiger partial charge < -0.3 is 5.73 Å². The first-order valence-corrected chi connectivity index (χ1v) is 8.44. The second-order valence-corrected chi connectivity index (χ2v) is 7.68. The number of nitro benzene ring substituents is 1. The molecule has 0 unspecified atom stereocenters. The molecule has 3 rings (SSSR count). The molecule has 0 radical (unpaired) electrons. The van der Waals surface area contributed by atoms with Crippen molar-refractivity contribution in [3.8, 4) is 0 Å². The summed E-state index contributed by atoms with van der Waals surface area (Å²) in [5.41, 5.74) is 9.90. The highest BCUT2D eigenvalue weighted by molar-refractivity contribution is 7.17. The van der Waals surface area contributed by atoms with Crippen LogP contribution in [0.25, 0.3) is 0 Å². The third-order valence-electron chi connectivity index (χ3n) is 3.88. The number of nitrogens with zero attached hydrogens (tertiary/aromatic N) is 3. The number of non-ortho nitro benzene ring substituents is 1. The Morgan fingerprint density at radius 1 is 1.44 bits per heavy atom. The van der Waals surface area contributed by atoms with Crippen molar-refractivity contribution in [2.45, 2.75) is 26.7 Å². The fourth-order valence-corrected chi connectivity index (χ4v) is 3.63. The highest BCUT2D eigenvalue weighted by Gasteiger charge is 2.32. The summed E-state index contributed by atoms with van der Waals surface area (Å²) in [4.78, 5) is 27.8. The summed E-state index contributed by atoms with van der Waals surface area (Å²) in [7, 11) is 0. The molecule has 1 aliphatic carbocycles. The molecule has 0 bridgehead atoms. The van der Waals surface area contributed by atoms with Crippen molar-refractivity contribution >= 4 is 33.8 Å². The number of anilines is 1. The van der Waals surface area contributed by atoms with Gasteiger partial charge in [-0.2, -0.15) is 5.10 Å². The van der Waals surface area contributed by atoms with Crippen LogP contribution in [0, 0.1) is 15.5 Å². The Balaban J connectivity index is 1.85. The third kappa shape index (κ3) is 3.66. The molecule has 130 valence electrons. The fourth-order valence-electron chi connectivity index (χ4n) is 2.80. The van der Waals surface area contributed by atoms with Crippen LogP contribution in [0.5, 0.6) is 0 Å². The van der Waals surface area contributed by atoms with Gasteiger partial charge in [0.2, 0.25) is 0 Å². The lowest BCUT2D eigenvalue weighted by atomic mass is 9.78. The number of hydrogen-bond donors (Lipinski definition) is 2. The summed E-state index contributed by atoms with van der Waals surface area (Å²) in [6.07, 6.45) is 1.48. The Morgan fingerprint density at radius 3 is 2.92 bits per heavy atom. The van der Waals surface area contributed by atoms with E-state index < -0.39 is 10.8 Å². The smallest absolute Gasteiger partial charge is 0.271 e. The standard InChI is InChI=1S/C16H17N5O3S/c1-16(2)7-11-13(25-15(17)18-11)12(8-16)19-20-14(22)9-4-3-5-10(6-9)21(23)24/h3-6H,7-8H2,1-2H3,(H2,17,18)(H,20,22)/b19-12-. The zero-order chi connectivity index (χ0) is 18.2. The summed E-state index contributed by atoms with van der Waals surface area (Å²) >= 11 is 1.35. The topological polar surface area (TPSA) is 124 Å². The summed E-state index contributed by atoms with van der Waals surface area (Å²) in [5, 5.41) is 15.5. The highest BCUT2D eigenvalue weighted by atomic mass is 32.1. The Kier molecular flexibility index (Phi) is 4.25. The maximum absolute atomic E-state index is 12.3. The van der Waals surface area contributed by atoms with Gasteiger partial charge in [-0.15, -0.1) is 0 Å². The summed E-state index contributed by atoms with van der Waals surface area (Å²) in [6, 6.07) is 5.52. The van der Waals surface area contributed by atoms with Gasteiger partial charge in [0.05, 0.1) is 21.2 Å². The monoisotopic (exact) mass is 359 g/mol. The van der Waals surface area contributed by atoms with Gasteiger partial charge in [-0.1, -0.05) is 31.3 Å². The van der Waals surface area contributed by atoms with Crippen LogP contribution in [0.1, 0.15) is 41.2 Å². The van der Waals surface area contributed by atoms with E-state index in [1.165, 1.54) is 35.6 Å². The predicted molar refractivity (Wildman–Crippen MR) is 95.7 cm³/mol. The minimum atomic E-state index is -0.543. The Bertz CT molecular complexity index is 888. The fraction of sp³-hybridized carbons (Fsp3) is 0.312. The number of nitrogens with two attached hydrogens (primary N) is 1. The predicted octanol–water partition coefficient (Wildman–Crippen LogP) is 2.74. The van der Waals surface area contributed by atoms with Crippen LogP contribution in [-0.4, -0.2) is 21.5 Å². The van der Waals surface area contributed by atoms with E-state index in [4.69, 9.17) is 5.73 Å². The second kappa shape index (κ2) is 6.25. The van der Waals surface area contributed by atoms with Crippen LogP contribution in [0.4, 0.5) is 10.8 Å². The van der Waals surface area contributed by atoms with Crippen LogP contribution >= 0.6 is 11.3 Å². The van der Waals surface area contributed by atoms with E-state index in [1.54, 1.807) is 0 Å². The number of nitro groups is 1. The number of fused-ring (bicyclic) bond motifs is 1. The molecule has 1 aromatic carbocycles. The van der Waals surface area contributed by atoms with E-state index in [1.807, 2.05) is 0 Å². The van der Waals surface area contributed by atoms with E-state index in [9.17, 15) is 14.9 Å². The lowest BCUT2D eigenvalue weighted by Gasteiger charge is -2.29. The number of aromatic nitrogens is 1. The van der Waals surface area contributed by atoms with E-state index in [0.717, 1.165) is 22.7 Å². The van der Waals surface area contributed by atoms with Crippen molar-refractivity contribution in [3.63, 3.8) is 0 Å². The molecule has 1 aliphatic rings. The first-order chi connectivity index (χ1) is 11.7. The number of thiazole rings is 1. The second-order valence-electron chi connectivity index (χ2n) is 6.65. The Morgan fingerprint density at radius 2 is 2.20 bits per heavy atom. The zero-order valence-corrected chi connectivity index (χ0v) is 14.6. The number of rotatable bonds is 3. The molecule has 2 aromatic rings. The third-order valence-corrected chi connectivity index (χ3v) is 4.86. The van der Waals surface area contributed by atoms with Gasteiger partial charge >= 0.3 is 0 Å². The van der Waals surface area contributed by atoms with Crippen LogP contribution in [0.2, 0.25) is 0 Å². The van der Waals surface area contributed by atoms with E-state index in [-0.39, 0.29) is 16.7 Å². The van der Waals surface area contributed by atoms with Crippen molar-refractivity contribution < 1.29 is 9.72 Å². The lowest BCUT2D eigenvalue weighted by Crippen LogP contribution is -2.29. The van der Waals surface area contributed by atoms with Crippen molar-refractivity contribution in [3.05, 3.63) is 50.5 Å².